The lowest BCUT2D eigenvalue weighted by molar-refractivity contribution is 1.91. The first-order valence-corrected chi connectivity index (χ1v) is 3.14. The van der Waals surface area contributed by atoms with Gasteiger partial charge in [-0.25, -0.2) is 0 Å². The van der Waals surface area contributed by atoms with Crippen LogP contribution in [0, 0.1) is 0 Å². The molecule has 0 aliphatic carbocycles. The van der Waals surface area contributed by atoms with Crippen LogP contribution in [0.15, 0.2) is 0 Å². The molecule has 0 saturated heterocycles. The SMILES string of the molecule is NC(=S)S.NC(=S)S.S. The molecule has 0 aliphatic heterocycles. The lowest BCUT2D eigenvalue weighted by Crippen LogP contribution is -1.94. The van der Waals surface area contributed by atoms with Crippen molar-refractivity contribution in [2.45, 2.75) is 0 Å². The molecule has 0 aromatic rings. The third-order valence-electron chi connectivity index (χ3n) is 0. The lowest BCUT2D eigenvalue weighted by Gasteiger charge is -1.64. The van der Waals surface area contributed by atoms with Crippen molar-refractivity contribution >= 4 is 71.8 Å². The number of rotatable bonds is 0. The topological polar surface area (TPSA) is 52.0 Å². The summed E-state index contributed by atoms with van der Waals surface area (Å²) < 4.78 is 0.389. The molecule has 0 bridgehead atoms. The van der Waals surface area contributed by atoms with E-state index in [-0.39, 0.29) is 22.1 Å². The summed E-state index contributed by atoms with van der Waals surface area (Å²) in [5.41, 5.74) is 9.41. The molecular weight excluding hydrogens is 212 g/mol. The molecule has 0 spiro atoms. The van der Waals surface area contributed by atoms with Crippen LogP contribution in [-0.2, 0) is 0 Å². The second-order valence-corrected chi connectivity index (χ2v) is 3.12. The van der Waals surface area contributed by atoms with E-state index in [4.69, 9.17) is 11.5 Å². The fourth-order valence-corrected chi connectivity index (χ4v) is 0. The Bertz CT molecular complexity index is 71.0. The van der Waals surface area contributed by atoms with Crippen molar-refractivity contribution in [2.24, 2.45) is 11.5 Å². The van der Waals surface area contributed by atoms with E-state index in [9.17, 15) is 0 Å². The summed E-state index contributed by atoms with van der Waals surface area (Å²) in [7, 11) is 0. The van der Waals surface area contributed by atoms with Crippen molar-refractivity contribution in [3.05, 3.63) is 0 Å². The molecule has 0 amide bonds. The quantitative estimate of drug-likeness (QED) is 0.353. The number of thiocarbonyl (C=S) groups is 2. The average Bonchev–Trinajstić information content (AvgIpc) is 1.25. The molecule has 0 aromatic heterocycles. The summed E-state index contributed by atoms with van der Waals surface area (Å²) in [6, 6.07) is 0. The molecule has 9 heavy (non-hydrogen) atoms. The first kappa shape index (κ1) is 16.4. The fraction of sp³-hybridized carbons (Fsp3) is 0. The van der Waals surface area contributed by atoms with Crippen LogP contribution >= 0.6 is 63.2 Å². The number of nitrogens with two attached hydrogens (primary N) is 2. The van der Waals surface area contributed by atoms with Crippen LogP contribution in [-0.4, -0.2) is 8.64 Å². The van der Waals surface area contributed by atoms with Gasteiger partial charge in [0, 0.05) is 0 Å². The molecule has 0 rings (SSSR count). The minimum absolute atomic E-state index is 0. The van der Waals surface area contributed by atoms with Gasteiger partial charge >= 0.3 is 0 Å². The largest absolute Gasteiger partial charge is 0.385 e. The van der Waals surface area contributed by atoms with Crippen LogP contribution in [0.5, 0.6) is 0 Å². The maximum absolute atomic E-state index is 4.71. The van der Waals surface area contributed by atoms with Gasteiger partial charge in [-0.3, -0.25) is 0 Å². The second-order valence-electron chi connectivity index (χ2n) is 0.676. The van der Waals surface area contributed by atoms with Crippen LogP contribution in [0.3, 0.4) is 0 Å². The molecule has 56 valence electrons. The Hall–Kier alpha value is 0.830. The normalized spacial score (nSPS) is 5.56. The fourth-order valence-electron chi connectivity index (χ4n) is 0. The zero-order chi connectivity index (χ0) is 7.15. The zero-order valence-electron chi connectivity index (χ0n) is 4.37. The van der Waals surface area contributed by atoms with E-state index in [1.165, 1.54) is 0 Å². The first-order valence-electron chi connectivity index (χ1n) is 1.43. The van der Waals surface area contributed by atoms with E-state index in [0.717, 1.165) is 0 Å². The molecule has 2 nitrogen and oxygen atoms in total. The Labute approximate surface area is 83.0 Å². The highest BCUT2D eigenvalue weighted by molar-refractivity contribution is 8.11. The Balaban J connectivity index is -0.0000000720. The van der Waals surface area contributed by atoms with E-state index >= 15 is 0 Å². The minimum atomic E-state index is 0. The van der Waals surface area contributed by atoms with Crippen LogP contribution in [0.25, 0.3) is 0 Å². The molecule has 0 saturated carbocycles. The van der Waals surface area contributed by atoms with Gasteiger partial charge in [0.1, 0.15) is 8.64 Å². The molecule has 0 atom stereocenters. The van der Waals surface area contributed by atoms with Crippen molar-refractivity contribution in [1.82, 2.24) is 0 Å². The van der Waals surface area contributed by atoms with Crippen molar-refractivity contribution in [3.63, 3.8) is 0 Å². The van der Waals surface area contributed by atoms with E-state index < -0.39 is 0 Å². The smallest absolute Gasteiger partial charge is 0.128 e. The Morgan fingerprint density at radius 1 is 1.00 bits per heavy atom. The van der Waals surface area contributed by atoms with Gasteiger partial charge in [-0.05, 0) is 0 Å². The van der Waals surface area contributed by atoms with Crippen molar-refractivity contribution in [3.8, 4) is 0 Å². The predicted octanol–water partition coefficient (Wildman–Crippen LogP) is 0.432. The summed E-state index contributed by atoms with van der Waals surface area (Å²) in [6.07, 6.45) is 0. The van der Waals surface area contributed by atoms with Gasteiger partial charge in [0.05, 0.1) is 0 Å². The molecule has 4 N–H and O–H groups in total. The van der Waals surface area contributed by atoms with E-state index in [1.807, 2.05) is 0 Å². The third-order valence-corrected chi connectivity index (χ3v) is 0. The predicted molar refractivity (Wildman–Crippen MR) is 61.9 cm³/mol. The van der Waals surface area contributed by atoms with Gasteiger partial charge in [-0.2, -0.15) is 13.5 Å². The maximum Gasteiger partial charge on any atom is 0.128 e. The van der Waals surface area contributed by atoms with Crippen molar-refractivity contribution in [2.75, 3.05) is 0 Å². The molecular formula is C2H8N2S5. The van der Waals surface area contributed by atoms with Crippen LogP contribution in [0.2, 0.25) is 0 Å². The number of hydrogen-bond donors (Lipinski definition) is 4. The summed E-state index contributed by atoms with van der Waals surface area (Å²) in [5, 5.41) is 0. The molecule has 0 radical (unpaired) electrons. The van der Waals surface area contributed by atoms with E-state index in [0.29, 0.717) is 0 Å². The van der Waals surface area contributed by atoms with Gasteiger partial charge < -0.3 is 11.5 Å². The third kappa shape index (κ3) is 598. The van der Waals surface area contributed by atoms with Crippen LogP contribution in [0.1, 0.15) is 0 Å². The average molecular weight is 220 g/mol. The highest BCUT2D eigenvalue weighted by atomic mass is 32.1. The van der Waals surface area contributed by atoms with Gasteiger partial charge in [-0.1, -0.05) is 24.4 Å². The summed E-state index contributed by atoms with van der Waals surface area (Å²) in [5.74, 6) is 0. The summed E-state index contributed by atoms with van der Waals surface area (Å²) in [6.45, 7) is 0. The summed E-state index contributed by atoms with van der Waals surface area (Å²) in [4.78, 5) is 0. The van der Waals surface area contributed by atoms with Gasteiger partial charge in [0.25, 0.3) is 0 Å². The molecule has 0 unspecified atom stereocenters. The molecule has 0 fully saturated rings. The summed E-state index contributed by atoms with van der Waals surface area (Å²) >= 11 is 15.3. The van der Waals surface area contributed by atoms with E-state index in [2.05, 4.69) is 49.7 Å². The Kier molecular flexibility index (Phi) is 21.2. The van der Waals surface area contributed by atoms with Gasteiger partial charge in [0.2, 0.25) is 0 Å². The first-order chi connectivity index (χ1) is 3.46. The van der Waals surface area contributed by atoms with Crippen LogP contribution in [0.4, 0.5) is 0 Å². The number of hydrogen-bond acceptors (Lipinski definition) is 2. The number of thiol groups is 2. The highest BCUT2D eigenvalue weighted by Crippen LogP contribution is 1.63. The van der Waals surface area contributed by atoms with E-state index in [1.54, 1.807) is 0 Å². The van der Waals surface area contributed by atoms with Crippen molar-refractivity contribution in [1.29, 1.82) is 0 Å². The highest BCUT2D eigenvalue weighted by Gasteiger charge is 1.56. The van der Waals surface area contributed by atoms with Gasteiger partial charge in [-0.15, -0.1) is 25.3 Å². The van der Waals surface area contributed by atoms with Crippen LogP contribution < -0.4 is 11.5 Å². The lowest BCUT2D eigenvalue weighted by atomic mass is 11.5. The molecule has 0 heterocycles. The van der Waals surface area contributed by atoms with Gasteiger partial charge in [0.15, 0.2) is 0 Å². The maximum atomic E-state index is 4.71. The Morgan fingerprint density at radius 3 is 1.00 bits per heavy atom. The minimum Gasteiger partial charge on any atom is -0.385 e. The standard InChI is InChI=1S/2CH3NS2.H2S/c2*2-1(3)4;/h2*(H3,2,3,4);1H2. The monoisotopic (exact) mass is 220 g/mol. The Morgan fingerprint density at radius 2 is 1.00 bits per heavy atom. The zero-order valence-corrected chi connectivity index (χ0v) is 8.79. The molecule has 7 heteroatoms. The molecule has 0 aromatic carbocycles. The molecule has 0 aliphatic rings. The van der Waals surface area contributed by atoms with Crippen molar-refractivity contribution < 1.29 is 0 Å². The second kappa shape index (κ2) is 11.6.